The van der Waals surface area contributed by atoms with Crippen LogP contribution in [0.3, 0.4) is 0 Å². The maximum absolute atomic E-state index is 4.85. The second kappa shape index (κ2) is 4.49. The minimum absolute atomic E-state index is 0.604. The second-order valence-corrected chi connectivity index (χ2v) is 2.39. The molecule has 1 rings (SSSR count). The van der Waals surface area contributed by atoms with E-state index in [1.807, 2.05) is 42.9 Å². The quantitative estimate of drug-likeness (QED) is 0.371. The van der Waals surface area contributed by atoms with E-state index in [4.69, 9.17) is 4.84 Å². The summed E-state index contributed by atoms with van der Waals surface area (Å²) in [6.45, 7) is 2.51. The van der Waals surface area contributed by atoms with Crippen LogP contribution in [0.4, 0.5) is 0 Å². The monoisotopic (exact) mass is 165 g/mol. The molecule has 1 aromatic rings. The first-order valence-corrected chi connectivity index (χ1v) is 3.94. The van der Waals surface area contributed by atoms with Crippen LogP contribution < -0.4 is 4.57 Å². The number of hydrogen-bond acceptors (Lipinski definition) is 2. The Labute approximate surface area is 72.3 Å². The normalized spacial score (nSPS) is 10.5. The van der Waals surface area contributed by atoms with Crippen molar-refractivity contribution in [1.82, 2.24) is 0 Å². The summed E-state index contributed by atoms with van der Waals surface area (Å²) in [4.78, 5) is 4.85. The minimum atomic E-state index is 0.604. The number of rotatable bonds is 3. The Bertz CT molecular complexity index is 271. The van der Waals surface area contributed by atoms with Crippen LogP contribution in [0.2, 0.25) is 0 Å². The lowest BCUT2D eigenvalue weighted by atomic mass is 10.4. The molecule has 0 unspecified atom stereocenters. The second-order valence-electron chi connectivity index (χ2n) is 2.39. The molecule has 0 saturated heterocycles. The maximum Gasteiger partial charge on any atom is 0.226 e. The van der Waals surface area contributed by atoms with Crippen LogP contribution in [0.1, 0.15) is 12.6 Å². The van der Waals surface area contributed by atoms with E-state index < -0.39 is 0 Å². The van der Waals surface area contributed by atoms with E-state index >= 15 is 0 Å². The highest BCUT2D eigenvalue weighted by Crippen LogP contribution is 1.86. The third-order valence-electron chi connectivity index (χ3n) is 1.48. The Morgan fingerprint density at radius 1 is 1.58 bits per heavy atom. The third-order valence-corrected chi connectivity index (χ3v) is 1.48. The zero-order valence-electron chi connectivity index (χ0n) is 7.40. The Morgan fingerprint density at radius 3 is 3.08 bits per heavy atom. The number of hydrogen-bond donors (Lipinski definition) is 0. The molecular formula is C9H13N2O+. The zero-order valence-corrected chi connectivity index (χ0v) is 7.40. The van der Waals surface area contributed by atoms with Gasteiger partial charge in [-0.25, -0.2) is 4.57 Å². The molecule has 0 bridgehead atoms. The van der Waals surface area contributed by atoms with E-state index in [1.54, 1.807) is 6.21 Å². The fourth-order valence-corrected chi connectivity index (χ4v) is 0.836. The Balaban J connectivity index is 2.68. The van der Waals surface area contributed by atoms with Crippen molar-refractivity contribution in [3.8, 4) is 0 Å². The number of nitrogens with zero attached hydrogens (tertiary/aromatic N) is 2. The third kappa shape index (κ3) is 2.34. The van der Waals surface area contributed by atoms with Gasteiger partial charge in [-0.15, -0.1) is 0 Å². The molecule has 0 amide bonds. The molecule has 1 heterocycles. The molecule has 0 atom stereocenters. The Kier molecular flexibility index (Phi) is 3.26. The average molecular weight is 165 g/mol. The topological polar surface area (TPSA) is 25.5 Å². The summed E-state index contributed by atoms with van der Waals surface area (Å²) in [5, 5.41) is 3.78. The van der Waals surface area contributed by atoms with Gasteiger partial charge < -0.3 is 4.84 Å². The van der Waals surface area contributed by atoms with E-state index in [-0.39, 0.29) is 0 Å². The Morgan fingerprint density at radius 2 is 2.42 bits per heavy atom. The number of pyridine rings is 1. The van der Waals surface area contributed by atoms with Crippen molar-refractivity contribution < 1.29 is 9.40 Å². The van der Waals surface area contributed by atoms with Gasteiger partial charge in [0, 0.05) is 12.1 Å². The summed E-state index contributed by atoms with van der Waals surface area (Å²) in [6, 6.07) is 5.91. The Hall–Kier alpha value is -1.38. The largest absolute Gasteiger partial charge is 0.396 e. The molecule has 3 nitrogen and oxygen atoms in total. The predicted octanol–water partition coefficient (Wildman–Crippen LogP) is 0.882. The molecule has 0 aliphatic heterocycles. The summed E-state index contributed by atoms with van der Waals surface area (Å²) in [5.74, 6) is 0. The zero-order chi connectivity index (χ0) is 8.81. The van der Waals surface area contributed by atoms with Crippen molar-refractivity contribution in [2.75, 3.05) is 6.61 Å². The summed E-state index contributed by atoms with van der Waals surface area (Å²) >= 11 is 0. The molecule has 1 aromatic heterocycles. The smallest absolute Gasteiger partial charge is 0.226 e. The van der Waals surface area contributed by atoms with Gasteiger partial charge in [0.2, 0.25) is 5.69 Å². The predicted molar refractivity (Wildman–Crippen MR) is 46.8 cm³/mol. The van der Waals surface area contributed by atoms with Crippen LogP contribution in [0.15, 0.2) is 29.6 Å². The van der Waals surface area contributed by atoms with Crippen LogP contribution in [0, 0.1) is 0 Å². The van der Waals surface area contributed by atoms with Gasteiger partial charge in [0.15, 0.2) is 6.20 Å². The van der Waals surface area contributed by atoms with Gasteiger partial charge in [-0.05, 0) is 13.0 Å². The van der Waals surface area contributed by atoms with Crippen LogP contribution in [-0.4, -0.2) is 12.8 Å². The minimum Gasteiger partial charge on any atom is -0.396 e. The van der Waals surface area contributed by atoms with Gasteiger partial charge in [-0.1, -0.05) is 5.16 Å². The highest BCUT2D eigenvalue weighted by atomic mass is 16.6. The first kappa shape index (κ1) is 8.71. The molecule has 12 heavy (non-hydrogen) atoms. The number of aromatic nitrogens is 1. The lowest BCUT2D eigenvalue weighted by Crippen LogP contribution is -2.32. The molecule has 0 aromatic carbocycles. The highest BCUT2D eigenvalue weighted by Gasteiger charge is 1.98. The summed E-state index contributed by atoms with van der Waals surface area (Å²) in [5.41, 5.74) is 1.02. The highest BCUT2D eigenvalue weighted by molar-refractivity contribution is 5.74. The molecule has 0 aliphatic carbocycles. The lowest BCUT2D eigenvalue weighted by Gasteiger charge is -1.92. The maximum atomic E-state index is 4.85. The van der Waals surface area contributed by atoms with E-state index in [1.165, 1.54) is 0 Å². The van der Waals surface area contributed by atoms with Crippen LogP contribution in [0.5, 0.6) is 0 Å². The summed E-state index contributed by atoms with van der Waals surface area (Å²) < 4.78 is 1.97. The van der Waals surface area contributed by atoms with E-state index in [2.05, 4.69) is 5.16 Å². The van der Waals surface area contributed by atoms with Gasteiger partial charge in [-0.3, -0.25) is 0 Å². The van der Waals surface area contributed by atoms with Gasteiger partial charge in [0.25, 0.3) is 0 Å². The first-order valence-electron chi connectivity index (χ1n) is 3.94. The van der Waals surface area contributed by atoms with Gasteiger partial charge in [0.05, 0.1) is 0 Å². The lowest BCUT2D eigenvalue weighted by molar-refractivity contribution is -0.672. The molecule has 3 heteroatoms. The van der Waals surface area contributed by atoms with E-state index in [0.717, 1.165) is 5.69 Å². The van der Waals surface area contributed by atoms with Crippen molar-refractivity contribution in [2.45, 2.75) is 6.92 Å². The standard InChI is InChI=1S/C9H13N2O/c1-3-12-10-8-9-6-4-5-7-11(9)2/h4-8H,3H2,1-2H3/q+1/b10-8+. The molecule has 0 saturated carbocycles. The molecule has 0 spiro atoms. The van der Waals surface area contributed by atoms with Gasteiger partial charge in [-0.2, -0.15) is 0 Å². The average Bonchev–Trinajstić information content (AvgIpc) is 2.09. The molecule has 64 valence electrons. The molecule has 0 radical (unpaired) electrons. The molecule has 0 aliphatic rings. The fourth-order valence-electron chi connectivity index (χ4n) is 0.836. The van der Waals surface area contributed by atoms with E-state index in [9.17, 15) is 0 Å². The molecule has 0 N–H and O–H groups in total. The summed E-state index contributed by atoms with van der Waals surface area (Å²) in [7, 11) is 1.97. The SMILES string of the molecule is CCO/N=C/c1cccc[n+]1C. The van der Waals surface area contributed by atoms with Crippen LogP contribution >= 0.6 is 0 Å². The summed E-state index contributed by atoms with van der Waals surface area (Å²) in [6.07, 6.45) is 3.66. The van der Waals surface area contributed by atoms with Crippen molar-refractivity contribution in [1.29, 1.82) is 0 Å². The number of aryl methyl sites for hydroxylation is 1. The van der Waals surface area contributed by atoms with Gasteiger partial charge in [0.1, 0.15) is 19.9 Å². The van der Waals surface area contributed by atoms with E-state index in [0.29, 0.717) is 6.61 Å². The van der Waals surface area contributed by atoms with Crippen LogP contribution in [0.25, 0.3) is 0 Å². The van der Waals surface area contributed by atoms with Crippen molar-refractivity contribution in [2.24, 2.45) is 12.2 Å². The van der Waals surface area contributed by atoms with Crippen molar-refractivity contribution in [3.63, 3.8) is 0 Å². The fraction of sp³-hybridized carbons (Fsp3) is 0.333. The van der Waals surface area contributed by atoms with Crippen molar-refractivity contribution >= 4 is 6.21 Å². The molecule has 0 fully saturated rings. The first-order chi connectivity index (χ1) is 5.84. The van der Waals surface area contributed by atoms with Crippen molar-refractivity contribution in [3.05, 3.63) is 30.1 Å². The van der Waals surface area contributed by atoms with Gasteiger partial charge >= 0.3 is 0 Å². The molecular weight excluding hydrogens is 152 g/mol. The van der Waals surface area contributed by atoms with Crippen LogP contribution in [-0.2, 0) is 11.9 Å². The number of oxime groups is 1.